The minimum Gasteiger partial charge on any atom is -0.353 e. The summed E-state index contributed by atoms with van der Waals surface area (Å²) in [5.74, 6) is -0.195. The van der Waals surface area contributed by atoms with Crippen molar-refractivity contribution in [2.75, 3.05) is 10.6 Å². The minimum atomic E-state index is -0.712. The van der Waals surface area contributed by atoms with Gasteiger partial charge >= 0.3 is 0 Å². The summed E-state index contributed by atoms with van der Waals surface area (Å²) in [4.78, 5) is 22.6. The van der Waals surface area contributed by atoms with Crippen LogP contribution in [0.15, 0.2) is 46.4 Å². The van der Waals surface area contributed by atoms with E-state index in [4.69, 9.17) is 0 Å². The van der Waals surface area contributed by atoms with E-state index in [9.17, 15) is 9.59 Å². The van der Waals surface area contributed by atoms with Gasteiger partial charge in [-0.1, -0.05) is 22.6 Å². The van der Waals surface area contributed by atoms with Crippen LogP contribution in [-0.4, -0.2) is 11.1 Å². The number of para-hydroxylation sites is 2. The smallest absolute Gasteiger partial charge is 0.258 e. The molecule has 2 aliphatic heterocycles. The number of carbonyl (C=O) groups excluding carboxylic acids is 2. The first-order chi connectivity index (χ1) is 8.28. The number of hydrogen-bond donors (Lipinski definition) is 2. The van der Waals surface area contributed by atoms with Crippen LogP contribution in [-0.2, 0) is 9.59 Å². The van der Waals surface area contributed by atoms with Gasteiger partial charge in [-0.05, 0) is 17.5 Å². The molecule has 17 heavy (non-hydrogen) atoms. The molecule has 0 radical (unpaired) electrons. The first kappa shape index (κ1) is 10.1. The Morgan fingerprint density at radius 3 is 2.47 bits per heavy atom. The zero-order valence-electron chi connectivity index (χ0n) is 8.69. The molecule has 0 saturated carbocycles. The van der Waals surface area contributed by atoms with Crippen LogP contribution >= 0.6 is 10.5 Å². The summed E-state index contributed by atoms with van der Waals surface area (Å²) in [5, 5.41) is 11.2. The van der Waals surface area contributed by atoms with Crippen LogP contribution in [0.1, 0.15) is 0 Å². The van der Waals surface area contributed by atoms with E-state index in [0.29, 0.717) is 11.3 Å². The van der Waals surface area contributed by atoms with Gasteiger partial charge in [-0.25, -0.2) is 4.79 Å². The molecule has 0 spiro atoms. The van der Waals surface area contributed by atoms with Gasteiger partial charge in [0, 0.05) is 5.41 Å². The maximum Gasteiger partial charge on any atom is 0.258 e. The number of fused-ring (bicyclic) bond motifs is 2. The summed E-state index contributed by atoms with van der Waals surface area (Å²) in [5.41, 5.74) is 2.75. The van der Waals surface area contributed by atoms with E-state index >= 15 is 0 Å². The molecule has 1 aromatic rings. The summed E-state index contributed by atoms with van der Waals surface area (Å²) in [6, 6.07) is 7.44. The maximum absolute atomic E-state index is 11.9. The van der Waals surface area contributed by atoms with Crippen LogP contribution in [0, 0.1) is 0 Å². The highest BCUT2D eigenvalue weighted by atomic mass is 32.2. The van der Waals surface area contributed by atoms with Gasteiger partial charge in [0.05, 0.1) is 22.6 Å². The van der Waals surface area contributed by atoms with Gasteiger partial charge in [-0.2, -0.15) is 0 Å². The average molecular weight is 244 g/mol. The number of benzene rings is 1. The van der Waals surface area contributed by atoms with Crippen molar-refractivity contribution in [2.24, 2.45) is 0 Å². The molecule has 1 aromatic carbocycles. The predicted molar refractivity (Wildman–Crippen MR) is 68.1 cm³/mol. The highest BCUT2D eigenvalue weighted by Gasteiger charge is 2.24. The van der Waals surface area contributed by atoms with Gasteiger partial charge in [0.2, 0.25) is 0 Å². The number of carbonyl (C=O) groups is 1. The Bertz CT molecular complexity index is 640. The van der Waals surface area contributed by atoms with Crippen molar-refractivity contribution >= 4 is 33.0 Å². The van der Waals surface area contributed by atoms with Crippen molar-refractivity contribution in [3.63, 3.8) is 0 Å². The van der Waals surface area contributed by atoms with Gasteiger partial charge < -0.3 is 10.6 Å². The third kappa shape index (κ3) is 1.62. The third-order valence-electron chi connectivity index (χ3n) is 2.57. The van der Waals surface area contributed by atoms with Gasteiger partial charge in [0.1, 0.15) is 0 Å². The summed E-state index contributed by atoms with van der Waals surface area (Å²) < 4.78 is 0. The highest BCUT2D eigenvalue weighted by Crippen LogP contribution is 2.37. The molecule has 2 aliphatic rings. The summed E-state index contributed by atoms with van der Waals surface area (Å²) in [6.45, 7) is 0. The highest BCUT2D eigenvalue weighted by molar-refractivity contribution is 8.19. The normalized spacial score (nSPS) is 20.9. The topological polar surface area (TPSA) is 58.2 Å². The van der Waals surface area contributed by atoms with E-state index in [0.717, 1.165) is 11.4 Å². The van der Waals surface area contributed by atoms with E-state index in [-0.39, 0.29) is 5.91 Å². The minimum absolute atomic E-state index is 0.195. The molecule has 2 N–H and O–H groups in total. The molecule has 0 bridgehead atoms. The Hall–Kier alpha value is -2.10. The molecule has 1 atom stereocenters. The van der Waals surface area contributed by atoms with Gasteiger partial charge in [0.25, 0.3) is 5.91 Å². The van der Waals surface area contributed by atoms with Crippen molar-refractivity contribution in [1.82, 2.24) is 0 Å². The van der Waals surface area contributed by atoms with Crippen LogP contribution in [0.3, 0.4) is 0 Å². The Balaban J connectivity index is 2.15. The second kappa shape index (κ2) is 3.73. The van der Waals surface area contributed by atoms with Crippen molar-refractivity contribution in [1.29, 1.82) is 0 Å². The molecule has 1 unspecified atom stereocenters. The Morgan fingerprint density at radius 2 is 1.76 bits per heavy atom. The quantitative estimate of drug-likeness (QED) is 0.687. The third-order valence-corrected chi connectivity index (χ3v) is 3.74. The molecule has 0 aromatic heterocycles. The lowest BCUT2D eigenvalue weighted by atomic mass is 10.2. The molecule has 4 nitrogen and oxygen atoms in total. The first-order valence-electron chi connectivity index (χ1n) is 4.99. The van der Waals surface area contributed by atoms with E-state index in [2.05, 4.69) is 10.6 Å². The predicted octanol–water partition coefficient (Wildman–Crippen LogP) is 2.13. The van der Waals surface area contributed by atoms with Crippen LogP contribution in [0.4, 0.5) is 11.4 Å². The van der Waals surface area contributed by atoms with Crippen LogP contribution in [0.25, 0.3) is 0 Å². The fourth-order valence-electron chi connectivity index (χ4n) is 1.77. The maximum atomic E-state index is 11.9. The second-order valence-corrected chi connectivity index (χ2v) is 5.02. The molecular weight excluding hydrogens is 236 g/mol. The molecular formula is C12H8N2O2S. The van der Waals surface area contributed by atoms with Crippen LogP contribution in [0.5, 0.6) is 0 Å². The van der Waals surface area contributed by atoms with E-state index in [1.165, 1.54) is 0 Å². The fourth-order valence-corrected chi connectivity index (χ4v) is 2.86. The van der Waals surface area contributed by atoms with Crippen molar-refractivity contribution in [3.8, 4) is 0 Å². The van der Waals surface area contributed by atoms with Crippen molar-refractivity contribution in [2.45, 2.75) is 0 Å². The molecule has 0 saturated heterocycles. The van der Waals surface area contributed by atoms with Gasteiger partial charge in [-0.15, -0.1) is 0 Å². The zero-order chi connectivity index (χ0) is 11.8. The lowest BCUT2D eigenvalue weighted by molar-refractivity contribution is -0.112. The number of hydrogen-bond acceptors (Lipinski definition) is 3. The number of rotatable bonds is 0. The van der Waals surface area contributed by atoms with Gasteiger partial charge in [0.15, 0.2) is 5.23 Å². The molecule has 84 valence electrons. The fraction of sp³-hybridized carbons (Fsp3) is 0. The Labute approximate surface area is 99.9 Å². The van der Waals surface area contributed by atoms with Gasteiger partial charge in [-0.3, -0.25) is 4.79 Å². The number of amides is 1. The number of anilines is 2. The molecule has 5 heteroatoms. The summed E-state index contributed by atoms with van der Waals surface area (Å²) >= 11 is 0. The monoisotopic (exact) mass is 244 g/mol. The zero-order valence-corrected chi connectivity index (χ0v) is 9.51. The largest absolute Gasteiger partial charge is 0.353 e. The lowest BCUT2D eigenvalue weighted by Crippen LogP contribution is -2.13. The summed E-state index contributed by atoms with van der Waals surface area (Å²) in [6.07, 6.45) is 0. The molecule has 3 rings (SSSR count). The Kier molecular flexibility index (Phi) is 2.21. The van der Waals surface area contributed by atoms with Crippen LogP contribution < -0.4 is 10.6 Å². The second-order valence-electron chi connectivity index (χ2n) is 3.64. The number of nitrogens with one attached hydrogen (secondary N) is 2. The average Bonchev–Trinajstić information content (AvgIpc) is 2.69. The summed E-state index contributed by atoms with van der Waals surface area (Å²) in [7, 11) is -0.712. The van der Waals surface area contributed by atoms with Crippen LogP contribution in [0.2, 0.25) is 0 Å². The van der Waals surface area contributed by atoms with Crippen molar-refractivity contribution < 1.29 is 9.59 Å². The van der Waals surface area contributed by atoms with E-state index in [1.807, 2.05) is 29.5 Å². The molecule has 0 fully saturated rings. The Morgan fingerprint density at radius 1 is 1.06 bits per heavy atom. The first-order valence-corrected chi connectivity index (χ1v) is 6.34. The molecule has 0 aliphatic carbocycles. The standard InChI is InChI=1S/C12H8N2O2S/c15-7-17-5-8-11(6-17)13-9-3-1-2-4-10(9)14-12(8)16/h1-6,13H,(H,14,16). The van der Waals surface area contributed by atoms with E-state index in [1.54, 1.807) is 10.8 Å². The van der Waals surface area contributed by atoms with E-state index < -0.39 is 10.5 Å². The lowest BCUT2D eigenvalue weighted by Gasteiger charge is -2.06. The molecule has 1 amide bonds. The molecule has 2 heterocycles. The van der Waals surface area contributed by atoms with Crippen molar-refractivity contribution in [3.05, 3.63) is 46.4 Å². The SMILES string of the molecule is O=C=S1C=C2Nc3ccccc3NC(=O)C2=C1.